The van der Waals surface area contributed by atoms with Crippen molar-refractivity contribution in [3.8, 4) is 17.6 Å². The maximum absolute atomic E-state index is 8.38. The molecule has 0 bridgehead atoms. The Morgan fingerprint density at radius 2 is 2.14 bits per heavy atom. The third-order valence-electron chi connectivity index (χ3n) is 1.50. The van der Waals surface area contributed by atoms with E-state index in [-0.39, 0.29) is 6.61 Å². The molecule has 0 saturated carbocycles. The van der Waals surface area contributed by atoms with Crippen LogP contribution in [-0.2, 0) is 0 Å². The van der Waals surface area contributed by atoms with Crippen molar-refractivity contribution in [1.82, 2.24) is 0 Å². The molecule has 1 aromatic rings. The number of hydrogen-bond donors (Lipinski definition) is 0. The number of ether oxygens (including phenoxy) is 2. The van der Waals surface area contributed by atoms with E-state index < -0.39 is 0 Å². The van der Waals surface area contributed by atoms with Crippen molar-refractivity contribution in [2.75, 3.05) is 13.2 Å². The Morgan fingerprint density at radius 1 is 1.36 bits per heavy atom. The van der Waals surface area contributed by atoms with Crippen LogP contribution in [0.4, 0.5) is 0 Å². The van der Waals surface area contributed by atoms with Crippen LogP contribution in [0, 0.1) is 11.3 Å². The first-order valence-corrected chi connectivity index (χ1v) is 4.99. The lowest BCUT2D eigenvalue weighted by molar-refractivity contribution is 0.298. The molecule has 0 aliphatic heterocycles. The SMILES string of the molecule is CCOc1cc(Br)ccc1OCC#N. The van der Waals surface area contributed by atoms with Gasteiger partial charge in [0.25, 0.3) is 0 Å². The number of halogens is 1. The maximum atomic E-state index is 8.38. The summed E-state index contributed by atoms with van der Waals surface area (Å²) in [5.41, 5.74) is 0. The van der Waals surface area contributed by atoms with Crippen LogP contribution in [-0.4, -0.2) is 13.2 Å². The first-order valence-electron chi connectivity index (χ1n) is 4.20. The van der Waals surface area contributed by atoms with Gasteiger partial charge in [0, 0.05) is 4.47 Å². The van der Waals surface area contributed by atoms with E-state index in [2.05, 4.69) is 15.9 Å². The average Bonchev–Trinajstić information content (AvgIpc) is 2.17. The fourth-order valence-electron chi connectivity index (χ4n) is 0.979. The fraction of sp³-hybridized carbons (Fsp3) is 0.300. The topological polar surface area (TPSA) is 42.2 Å². The van der Waals surface area contributed by atoms with Gasteiger partial charge >= 0.3 is 0 Å². The highest BCUT2D eigenvalue weighted by atomic mass is 79.9. The highest BCUT2D eigenvalue weighted by Crippen LogP contribution is 2.30. The van der Waals surface area contributed by atoms with Crippen LogP contribution in [0.3, 0.4) is 0 Å². The molecule has 1 rings (SSSR count). The zero-order valence-electron chi connectivity index (χ0n) is 7.79. The Balaban J connectivity index is 2.85. The van der Waals surface area contributed by atoms with E-state index in [1.807, 2.05) is 25.1 Å². The van der Waals surface area contributed by atoms with Crippen LogP contribution in [0.5, 0.6) is 11.5 Å². The molecule has 0 amide bonds. The molecule has 4 heteroatoms. The van der Waals surface area contributed by atoms with Crippen LogP contribution >= 0.6 is 15.9 Å². The van der Waals surface area contributed by atoms with E-state index in [1.54, 1.807) is 6.07 Å². The van der Waals surface area contributed by atoms with E-state index in [0.29, 0.717) is 18.1 Å². The first kappa shape index (κ1) is 10.9. The molecular weight excluding hydrogens is 246 g/mol. The van der Waals surface area contributed by atoms with Gasteiger partial charge in [0.15, 0.2) is 18.1 Å². The third-order valence-corrected chi connectivity index (χ3v) is 1.99. The predicted molar refractivity (Wildman–Crippen MR) is 56.4 cm³/mol. The second-order valence-electron chi connectivity index (χ2n) is 2.47. The fourth-order valence-corrected chi connectivity index (χ4v) is 1.32. The summed E-state index contributed by atoms with van der Waals surface area (Å²) in [7, 11) is 0. The van der Waals surface area contributed by atoms with E-state index in [1.165, 1.54) is 0 Å². The molecule has 74 valence electrons. The molecule has 0 N–H and O–H groups in total. The van der Waals surface area contributed by atoms with Gasteiger partial charge in [-0.2, -0.15) is 5.26 Å². The van der Waals surface area contributed by atoms with Gasteiger partial charge in [-0.3, -0.25) is 0 Å². The van der Waals surface area contributed by atoms with Gasteiger partial charge in [-0.25, -0.2) is 0 Å². The van der Waals surface area contributed by atoms with Gasteiger partial charge < -0.3 is 9.47 Å². The standard InChI is InChI=1S/C10H10BrNO2/c1-2-13-10-7-8(11)3-4-9(10)14-6-5-12/h3-4,7H,2,6H2,1H3. The molecule has 0 heterocycles. The summed E-state index contributed by atoms with van der Waals surface area (Å²) in [6.07, 6.45) is 0. The van der Waals surface area contributed by atoms with Crippen LogP contribution in [0.1, 0.15) is 6.92 Å². The molecular formula is C10H10BrNO2. The lowest BCUT2D eigenvalue weighted by atomic mass is 10.3. The molecule has 14 heavy (non-hydrogen) atoms. The molecule has 0 spiro atoms. The molecule has 0 saturated heterocycles. The number of nitrogens with zero attached hydrogens (tertiary/aromatic N) is 1. The molecule has 0 aliphatic rings. The zero-order valence-corrected chi connectivity index (χ0v) is 9.37. The first-order chi connectivity index (χ1) is 6.77. The van der Waals surface area contributed by atoms with Gasteiger partial charge in [-0.15, -0.1) is 0 Å². The van der Waals surface area contributed by atoms with E-state index in [0.717, 1.165) is 4.47 Å². The van der Waals surface area contributed by atoms with Gasteiger partial charge in [0.2, 0.25) is 0 Å². The maximum Gasteiger partial charge on any atom is 0.174 e. The van der Waals surface area contributed by atoms with Crippen LogP contribution in [0.25, 0.3) is 0 Å². The predicted octanol–water partition coefficient (Wildman–Crippen LogP) is 2.75. The quantitative estimate of drug-likeness (QED) is 0.831. The van der Waals surface area contributed by atoms with Crippen molar-refractivity contribution < 1.29 is 9.47 Å². The Labute approximate surface area is 91.4 Å². The van der Waals surface area contributed by atoms with Gasteiger partial charge in [0.1, 0.15) is 6.07 Å². The summed E-state index contributed by atoms with van der Waals surface area (Å²) in [6, 6.07) is 7.34. The molecule has 0 unspecified atom stereocenters. The van der Waals surface area contributed by atoms with Gasteiger partial charge in [0.05, 0.1) is 6.61 Å². The Hall–Kier alpha value is -1.21. The second kappa shape index (κ2) is 5.51. The van der Waals surface area contributed by atoms with Crippen molar-refractivity contribution in [2.45, 2.75) is 6.92 Å². The molecule has 0 atom stereocenters. The minimum Gasteiger partial charge on any atom is -0.490 e. The highest BCUT2D eigenvalue weighted by Gasteiger charge is 2.04. The molecule has 1 aromatic carbocycles. The smallest absolute Gasteiger partial charge is 0.174 e. The number of benzene rings is 1. The monoisotopic (exact) mass is 255 g/mol. The molecule has 0 radical (unpaired) electrons. The van der Waals surface area contributed by atoms with E-state index in [9.17, 15) is 0 Å². The van der Waals surface area contributed by atoms with Crippen LogP contribution in [0.15, 0.2) is 22.7 Å². The molecule has 0 aromatic heterocycles. The van der Waals surface area contributed by atoms with Crippen molar-refractivity contribution in [2.24, 2.45) is 0 Å². The Bertz CT molecular complexity index is 346. The van der Waals surface area contributed by atoms with Crippen molar-refractivity contribution in [3.05, 3.63) is 22.7 Å². The van der Waals surface area contributed by atoms with Crippen LogP contribution in [0.2, 0.25) is 0 Å². The van der Waals surface area contributed by atoms with E-state index >= 15 is 0 Å². The third kappa shape index (κ3) is 2.93. The number of nitriles is 1. The normalized spacial score (nSPS) is 9.21. The van der Waals surface area contributed by atoms with E-state index in [4.69, 9.17) is 14.7 Å². The van der Waals surface area contributed by atoms with Crippen molar-refractivity contribution in [3.63, 3.8) is 0 Å². The van der Waals surface area contributed by atoms with Crippen molar-refractivity contribution >= 4 is 15.9 Å². The summed E-state index contributed by atoms with van der Waals surface area (Å²) in [5.74, 6) is 1.24. The summed E-state index contributed by atoms with van der Waals surface area (Å²) in [6.45, 7) is 2.50. The van der Waals surface area contributed by atoms with Crippen LogP contribution < -0.4 is 9.47 Å². The largest absolute Gasteiger partial charge is 0.490 e. The highest BCUT2D eigenvalue weighted by molar-refractivity contribution is 9.10. The zero-order chi connectivity index (χ0) is 10.4. The average molecular weight is 256 g/mol. The Morgan fingerprint density at radius 3 is 2.79 bits per heavy atom. The minimum atomic E-state index is 0.0295. The van der Waals surface area contributed by atoms with Gasteiger partial charge in [-0.1, -0.05) is 15.9 Å². The van der Waals surface area contributed by atoms with Crippen molar-refractivity contribution in [1.29, 1.82) is 5.26 Å². The number of hydrogen-bond acceptors (Lipinski definition) is 3. The summed E-state index contributed by atoms with van der Waals surface area (Å²) in [5, 5.41) is 8.38. The molecule has 0 aliphatic carbocycles. The lowest BCUT2D eigenvalue weighted by Gasteiger charge is -2.09. The Kier molecular flexibility index (Phi) is 4.27. The number of rotatable bonds is 4. The second-order valence-corrected chi connectivity index (χ2v) is 3.39. The summed E-state index contributed by atoms with van der Waals surface area (Å²) >= 11 is 3.33. The lowest BCUT2D eigenvalue weighted by Crippen LogP contribution is -1.98. The summed E-state index contributed by atoms with van der Waals surface area (Å²) in [4.78, 5) is 0. The molecule has 0 fully saturated rings. The van der Waals surface area contributed by atoms with Gasteiger partial charge in [-0.05, 0) is 25.1 Å². The summed E-state index contributed by atoms with van der Waals surface area (Å²) < 4.78 is 11.5. The molecule has 3 nitrogen and oxygen atoms in total. The minimum absolute atomic E-state index is 0.0295.